The molecule has 1 saturated heterocycles. The Morgan fingerprint density at radius 2 is 1.65 bits per heavy atom. The lowest BCUT2D eigenvalue weighted by Gasteiger charge is -2.31. The smallest absolute Gasteiger partial charge is 0.232 e. The predicted octanol–water partition coefficient (Wildman–Crippen LogP) is 2.91. The normalized spacial score (nSPS) is 16.5. The topological polar surface area (TPSA) is 66.0 Å². The molecule has 2 atom stereocenters. The zero-order valence-corrected chi connectivity index (χ0v) is 18.8. The van der Waals surface area contributed by atoms with E-state index in [1.165, 1.54) is 11.1 Å². The van der Waals surface area contributed by atoms with Gasteiger partial charge in [-0.05, 0) is 24.0 Å². The molecule has 0 bridgehead atoms. The molecule has 31 heavy (non-hydrogen) atoms. The number of benzene rings is 2. The number of amides is 1. The largest absolute Gasteiger partial charge is 0.378 e. The SMILES string of the molecule is CN=C(NCC(C)c1ccc(C)cc1)NCC(C(=O)N1CCOCC1)c1ccccc1. The molecule has 0 saturated carbocycles. The first-order valence-electron chi connectivity index (χ1n) is 11.0. The Kier molecular flexibility index (Phi) is 8.47. The number of nitrogens with one attached hydrogen (secondary N) is 2. The molecule has 1 aliphatic heterocycles. The lowest BCUT2D eigenvalue weighted by molar-refractivity contribution is -0.136. The van der Waals surface area contributed by atoms with Gasteiger partial charge in [0.05, 0.1) is 19.1 Å². The molecule has 2 aromatic rings. The highest BCUT2D eigenvalue weighted by atomic mass is 16.5. The summed E-state index contributed by atoms with van der Waals surface area (Å²) in [6, 6.07) is 18.6. The van der Waals surface area contributed by atoms with Gasteiger partial charge in [0.2, 0.25) is 5.91 Å². The lowest BCUT2D eigenvalue weighted by Crippen LogP contribution is -2.47. The van der Waals surface area contributed by atoms with E-state index in [4.69, 9.17) is 4.74 Å². The first kappa shape index (κ1) is 22.8. The van der Waals surface area contributed by atoms with Gasteiger partial charge in [-0.15, -0.1) is 0 Å². The summed E-state index contributed by atoms with van der Waals surface area (Å²) in [5, 5.41) is 6.77. The fourth-order valence-corrected chi connectivity index (χ4v) is 3.72. The molecule has 2 unspecified atom stereocenters. The van der Waals surface area contributed by atoms with Crippen LogP contribution in [0, 0.1) is 6.92 Å². The maximum Gasteiger partial charge on any atom is 0.232 e. The van der Waals surface area contributed by atoms with E-state index in [0.29, 0.717) is 44.7 Å². The first-order valence-corrected chi connectivity index (χ1v) is 11.0. The monoisotopic (exact) mass is 422 g/mol. The molecule has 2 aromatic carbocycles. The van der Waals surface area contributed by atoms with Crippen LogP contribution in [0.2, 0.25) is 0 Å². The van der Waals surface area contributed by atoms with Gasteiger partial charge in [-0.3, -0.25) is 9.79 Å². The number of ether oxygens (including phenoxy) is 1. The van der Waals surface area contributed by atoms with Gasteiger partial charge in [-0.25, -0.2) is 0 Å². The number of hydrogen-bond acceptors (Lipinski definition) is 3. The molecule has 1 heterocycles. The van der Waals surface area contributed by atoms with Crippen molar-refractivity contribution in [1.82, 2.24) is 15.5 Å². The number of morpholine rings is 1. The second-order valence-electron chi connectivity index (χ2n) is 8.05. The van der Waals surface area contributed by atoms with E-state index in [1.807, 2.05) is 35.2 Å². The van der Waals surface area contributed by atoms with E-state index >= 15 is 0 Å². The van der Waals surface area contributed by atoms with Gasteiger partial charge >= 0.3 is 0 Å². The van der Waals surface area contributed by atoms with Crippen molar-refractivity contribution in [3.63, 3.8) is 0 Å². The minimum absolute atomic E-state index is 0.130. The molecule has 1 fully saturated rings. The Labute approximate surface area is 185 Å². The number of hydrogen-bond donors (Lipinski definition) is 2. The van der Waals surface area contributed by atoms with Crippen molar-refractivity contribution in [3.05, 3.63) is 71.3 Å². The third-order valence-electron chi connectivity index (χ3n) is 5.74. The minimum atomic E-state index is -0.271. The average Bonchev–Trinajstić information content (AvgIpc) is 2.82. The molecule has 2 N–H and O–H groups in total. The highest BCUT2D eigenvalue weighted by molar-refractivity contribution is 5.86. The molecule has 1 aliphatic rings. The Morgan fingerprint density at radius 3 is 2.29 bits per heavy atom. The Balaban J connectivity index is 1.60. The quantitative estimate of drug-likeness (QED) is 0.532. The van der Waals surface area contributed by atoms with Gasteiger partial charge in [0.25, 0.3) is 0 Å². The van der Waals surface area contributed by atoms with Gasteiger partial charge in [0.1, 0.15) is 0 Å². The number of nitrogens with zero attached hydrogens (tertiary/aromatic N) is 2. The molecular weight excluding hydrogens is 388 g/mol. The molecule has 3 rings (SSSR count). The van der Waals surface area contributed by atoms with E-state index in [2.05, 4.69) is 53.7 Å². The summed E-state index contributed by atoms with van der Waals surface area (Å²) < 4.78 is 5.41. The van der Waals surface area contributed by atoms with Gasteiger partial charge in [0, 0.05) is 33.2 Å². The van der Waals surface area contributed by atoms with Crippen LogP contribution >= 0.6 is 0 Å². The summed E-state index contributed by atoms with van der Waals surface area (Å²) >= 11 is 0. The zero-order chi connectivity index (χ0) is 22.1. The van der Waals surface area contributed by atoms with Crippen molar-refractivity contribution in [1.29, 1.82) is 0 Å². The first-order chi connectivity index (χ1) is 15.1. The Bertz CT molecular complexity index is 846. The van der Waals surface area contributed by atoms with Crippen molar-refractivity contribution in [2.45, 2.75) is 25.7 Å². The average molecular weight is 423 g/mol. The molecule has 1 amide bonds. The molecule has 6 nitrogen and oxygen atoms in total. The summed E-state index contributed by atoms with van der Waals surface area (Å²) in [6.45, 7) is 8.02. The Morgan fingerprint density at radius 1 is 1.00 bits per heavy atom. The second-order valence-corrected chi connectivity index (χ2v) is 8.05. The molecular formula is C25H34N4O2. The molecule has 166 valence electrons. The van der Waals surface area contributed by atoms with Gasteiger partial charge in [-0.2, -0.15) is 0 Å². The van der Waals surface area contributed by atoms with E-state index in [-0.39, 0.29) is 11.8 Å². The molecule has 0 aliphatic carbocycles. The van der Waals surface area contributed by atoms with E-state index in [9.17, 15) is 4.79 Å². The van der Waals surface area contributed by atoms with Crippen LogP contribution in [0.3, 0.4) is 0 Å². The van der Waals surface area contributed by atoms with Crippen molar-refractivity contribution in [2.24, 2.45) is 4.99 Å². The zero-order valence-electron chi connectivity index (χ0n) is 18.8. The van der Waals surface area contributed by atoms with E-state index in [0.717, 1.165) is 12.1 Å². The highest BCUT2D eigenvalue weighted by Crippen LogP contribution is 2.19. The number of carbonyl (C=O) groups excluding carboxylic acids is 1. The summed E-state index contributed by atoms with van der Waals surface area (Å²) in [7, 11) is 1.76. The van der Waals surface area contributed by atoms with Crippen molar-refractivity contribution in [3.8, 4) is 0 Å². The number of aliphatic imine (C=N–C) groups is 1. The number of carbonyl (C=O) groups is 1. The fourth-order valence-electron chi connectivity index (χ4n) is 3.72. The van der Waals surface area contributed by atoms with Crippen LogP contribution in [0.1, 0.15) is 35.4 Å². The van der Waals surface area contributed by atoms with Crippen LogP contribution in [-0.4, -0.2) is 63.2 Å². The van der Waals surface area contributed by atoms with Crippen LogP contribution < -0.4 is 10.6 Å². The number of aryl methyl sites for hydroxylation is 1. The fraction of sp³-hybridized carbons (Fsp3) is 0.440. The summed E-state index contributed by atoms with van der Waals surface area (Å²) in [5.41, 5.74) is 3.56. The third kappa shape index (κ3) is 6.56. The maximum atomic E-state index is 13.2. The molecule has 0 spiro atoms. The second kappa shape index (κ2) is 11.5. The summed E-state index contributed by atoms with van der Waals surface area (Å²) in [4.78, 5) is 19.5. The Hall–Kier alpha value is -2.86. The summed E-state index contributed by atoms with van der Waals surface area (Å²) in [5.74, 6) is 0.909. The lowest BCUT2D eigenvalue weighted by atomic mass is 9.97. The molecule has 0 aromatic heterocycles. The number of rotatable bonds is 7. The predicted molar refractivity (Wildman–Crippen MR) is 126 cm³/mol. The number of guanidine groups is 1. The summed E-state index contributed by atoms with van der Waals surface area (Å²) in [6.07, 6.45) is 0. The van der Waals surface area contributed by atoms with Crippen LogP contribution in [0.4, 0.5) is 0 Å². The van der Waals surface area contributed by atoms with Crippen LogP contribution in [0.25, 0.3) is 0 Å². The highest BCUT2D eigenvalue weighted by Gasteiger charge is 2.27. The van der Waals surface area contributed by atoms with Gasteiger partial charge in [-0.1, -0.05) is 67.1 Å². The van der Waals surface area contributed by atoms with E-state index < -0.39 is 0 Å². The van der Waals surface area contributed by atoms with Crippen molar-refractivity contribution < 1.29 is 9.53 Å². The van der Waals surface area contributed by atoms with Crippen molar-refractivity contribution in [2.75, 3.05) is 46.4 Å². The van der Waals surface area contributed by atoms with Gasteiger partial charge in [0.15, 0.2) is 5.96 Å². The van der Waals surface area contributed by atoms with Crippen LogP contribution in [0.5, 0.6) is 0 Å². The van der Waals surface area contributed by atoms with Gasteiger partial charge < -0.3 is 20.3 Å². The third-order valence-corrected chi connectivity index (χ3v) is 5.74. The standard InChI is InChI=1S/C25H34N4O2/c1-19-9-11-21(12-10-19)20(2)17-27-25(26-3)28-18-23(22-7-5-4-6-8-22)24(30)29-13-15-31-16-14-29/h4-12,20,23H,13-18H2,1-3H3,(H2,26,27,28). The van der Waals surface area contributed by atoms with Crippen LogP contribution in [0.15, 0.2) is 59.6 Å². The molecule has 6 heteroatoms. The van der Waals surface area contributed by atoms with Crippen LogP contribution in [-0.2, 0) is 9.53 Å². The maximum absolute atomic E-state index is 13.2. The van der Waals surface area contributed by atoms with Crippen molar-refractivity contribution >= 4 is 11.9 Å². The van der Waals surface area contributed by atoms with E-state index in [1.54, 1.807) is 7.05 Å². The molecule has 0 radical (unpaired) electrons. The minimum Gasteiger partial charge on any atom is -0.378 e.